The minimum absolute atomic E-state index is 0.0375. The number of nitro groups is 1. The number of nitrogens with one attached hydrogen (secondary N) is 1. The number of ether oxygens (including phenoxy) is 2. The Bertz CT molecular complexity index is 2310. The van der Waals surface area contributed by atoms with Crippen LogP contribution in [0.2, 0.25) is 5.02 Å². The molecule has 0 bridgehead atoms. The van der Waals surface area contributed by atoms with Crippen molar-refractivity contribution in [2.75, 3.05) is 29.5 Å². The predicted octanol–water partition coefficient (Wildman–Crippen LogP) is 8.77. The van der Waals surface area contributed by atoms with Gasteiger partial charge in [0.1, 0.15) is 12.2 Å². The molecule has 4 amide bonds. The summed E-state index contributed by atoms with van der Waals surface area (Å²) in [6.07, 6.45) is 3.13. The first-order valence-electron chi connectivity index (χ1n) is 18.5. The van der Waals surface area contributed by atoms with E-state index in [4.69, 9.17) is 21.1 Å². The van der Waals surface area contributed by atoms with Gasteiger partial charge in [0.2, 0.25) is 0 Å². The maximum Gasteiger partial charge on any atom is 0.335 e. The smallest absolute Gasteiger partial charge is 0.335 e. The summed E-state index contributed by atoms with van der Waals surface area (Å²) in [5, 5.41) is 13.6. The van der Waals surface area contributed by atoms with Gasteiger partial charge in [0, 0.05) is 42.7 Å². The first-order valence-corrected chi connectivity index (χ1v) is 18.8. The summed E-state index contributed by atoms with van der Waals surface area (Å²) in [5.74, 6) is -1.04. The molecule has 56 heavy (non-hydrogen) atoms. The van der Waals surface area contributed by atoms with Crippen LogP contribution in [0.3, 0.4) is 0 Å². The topological polar surface area (TPSA) is 131 Å². The number of carbonyl (C=O) groups excluding carboxylic acids is 3. The van der Waals surface area contributed by atoms with Crippen molar-refractivity contribution in [3.63, 3.8) is 0 Å². The van der Waals surface area contributed by atoms with E-state index in [0.717, 1.165) is 58.8 Å². The quantitative estimate of drug-likeness (QED) is 0.0646. The van der Waals surface area contributed by atoms with Crippen LogP contribution in [0.25, 0.3) is 6.08 Å². The lowest BCUT2D eigenvalue weighted by molar-refractivity contribution is -0.384. The SMILES string of the molecule is CCOc1cc(/C=C2\C(=O)NC(=O)N(c3cc4c5c(c3)[C@H](c3ccccc3)CCN5CC[C@H]4c3ccccc3)C2=O)cc(Cl)c1OCc1ccc([N+](=O)[O-])cc1. The minimum atomic E-state index is -0.835. The van der Waals surface area contributed by atoms with Crippen LogP contribution in [-0.2, 0) is 16.2 Å². The van der Waals surface area contributed by atoms with Crippen molar-refractivity contribution >= 4 is 52.6 Å². The number of hydrogen-bond acceptors (Lipinski definition) is 8. The van der Waals surface area contributed by atoms with Crippen molar-refractivity contribution in [1.29, 1.82) is 0 Å². The van der Waals surface area contributed by atoms with Crippen LogP contribution >= 0.6 is 11.6 Å². The Kier molecular flexibility index (Phi) is 10.0. The second-order valence-corrected chi connectivity index (χ2v) is 14.3. The lowest BCUT2D eigenvalue weighted by Crippen LogP contribution is -2.54. The molecule has 0 aromatic heterocycles. The number of halogens is 1. The van der Waals surface area contributed by atoms with Gasteiger partial charge in [-0.3, -0.25) is 25.0 Å². The number of nitrogens with zero attached hydrogens (tertiary/aromatic N) is 3. The number of hydrogen-bond donors (Lipinski definition) is 1. The van der Waals surface area contributed by atoms with Gasteiger partial charge in [-0.15, -0.1) is 0 Å². The van der Waals surface area contributed by atoms with Crippen molar-refractivity contribution < 1.29 is 28.8 Å². The van der Waals surface area contributed by atoms with Gasteiger partial charge in [-0.1, -0.05) is 72.3 Å². The fourth-order valence-electron chi connectivity index (χ4n) is 7.97. The molecule has 12 heteroatoms. The molecule has 3 aliphatic rings. The fraction of sp³-hybridized carbons (Fsp3) is 0.205. The molecule has 282 valence electrons. The van der Waals surface area contributed by atoms with Crippen LogP contribution < -0.4 is 24.6 Å². The summed E-state index contributed by atoms with van der Waals surface area (Å²) in [6, 6.07) is 32.6. The number of imide groups is 2. The number of carbonyl (C=O) groups is 3. The highest BCUT2D eigenvalue weighted by atomic mass is 35.5. The van der Waals surface area contributed by atoms with Gasteiger partial charge in [-0.25, -0.2) is 9.69 Å². The van der Waals surface area contributed by atoms with E-state index in [1.807, 2.05) is 48.5 Å². The summed E-state index contributed by atoms with van der Waals surface area (Å²) in [6.45, 7) is 3.87. The molecule has 3 aliphatic heterocycles. The molecule has 1 fully saturated rings. The predicted molar refractivity (Wildman–Crippen MR) is 214 cm³/mol. The Morgan fingerprint density at radius 2 is 1.45 bits per heavy atom. The monoisotopic (exact) mass is 768 g/mol. The lowest BCUT2D eigenvalue weighted by Gasteiger charge is -2.44. The summed E-state index contributed by atoms with van der Waals surface area (Å²) in [7, 11) is 0. The molecule has 2 atom stereocenters. The molecule has 3 heterocycles. The van der Waals surface area contributed by atoms with Gasteiger partial charge >= 0.3 is 6.03 Å². The highest BCUT2D eigenvalue weighted by Gasteiger charge is 2.40. The Labute approximate surface area is 328 Å². The van der Waals surface area contributed by atoms with Crippen molar-refractivity contribution in [3.05, 3.63) is 163 Å². The molecule has 0 spiro atoms. The van der Waals surface area contributed by atoms with Crippen molar-refractivity contribution in [1.82, 2.24) is 5.32 Å². The Hall–Kier alpha value is -6.46. The number of non-ortho nitro benzene ring substituents is 1. The summed E-state index contributed by atoms with van der Waals surface area (Å²) in [5.41, 5.74) is 6.65. The van der Waals surface area contributed by atoms with Crippen LogP contribution in [-0.4, -0.2) is 42.5 Å². The molecule has 0 saturated carbocycles. The van der Waals surface area contributed by atoms with Gasteiger partial charge < -0.3 is 14.4 Å². The van der Waals surface area contributed by atoms with E-state index in [9.17, 15) is 24.5 Å². The zero-order chi connectivity index (χ0) is 38.9. The molecule has 5 aromatic rings. The van der Waals surface area contributed by atoms with Gasteiger partial charge in [-0.05, 0) is 95.6 Å². The highest BCUT2D eigenvalue weighted by Crippen LogP contribution is 2.50. The van der Waals surface area contributed by atoms with E-state index < -0.39 is 22.8 Å². The maximum absolute atomic E-state index is 14.4. The summed E-state index contributed by atoms with van der Waals surface area (Å²) < 4.78 is 11.8. The van der Waals surface area contributed by atoms with Crippen molar-refractivity contribution in [2.24, 2.45) is 0 Å². The summed E-state index contributed by atoms with van der Waals surface area (Å²) >= 11 is 6.71. The van der Waals surface area contributed by atoms with E-state index in [0.29, 0.717) is 16.8 Å². The molecule has 11 nitrogen and oxygen atoms in total. The zero-order valence-electron chi connectivity index (χ0n) is 30.4. The molecule has 0 radical (unpaired) electrons. The second-order valence-electron chi connectivity index (χ2n) is 13.9. The number of benzene rings is 5. The zero-order valence-corrected chi connectivity index (χ0v) is 31.2. The fourth-order valence-corrected chi connectivity index (χ4v) is 8.24. The number of urea groups is 1. The third-order valence-electron chi connectivity index (χ3n) is 10.5. The first-order chi connectivity index (χ1) is 27.2. The number of barbiturate groups is 1. The van der Waals surface area contributed by atoms with E-state index in [-0.39, 0.29) is 52.8 Å². The number of anilines is 2. The third kappa shape index (κ3) is 6.97. The molecule has 8 rings (SSSR count). The van der Waals surface area contributed by atoms with Crippen LogP contribution in [0.4, 0.5) is 21.9 Å². The minimum Gasteiger partial charge on any atom is -0.490 e. The Morgan fingerprint density at radius 3 is 2.02 bits per heavy atom. The molecular formula is C44H37ClN4O7. The number of nitro benzene ring substituents is 1. The molecule has 1 N–H and O–H groups in total. The lowest BCUT2D eigenvalue weighted by atomic mass is 9.76. The molecule has 0 unspecified atom stereocenters. The average molecular weight is 769 g/mol. The largest absolute Gasteiger partial charge is 0.490 e. The Balaban J connectivity index is 1.17. The van der Waals surface area contributed by atoms with Gasteiger partial charge in [-0.2, -0.15) is 0 Å². The van der Waals surface area contributed by atoms with E-state index in [2.05, 4.69) is 34.5 Å². The molecular weight excluding hydrogens is 732 g/mol. The van der Waals surface area contributed by atoms with E-state index in [1.54, 1.807) is 25.1 Å². The Morgan fingerprint density at radius 1 is 0.839 bits per heavy atom. The van der Waals surface area contributed by atoms with E-state index >= 15 is 0 Å². The second kappa shape index (κ2) is 15.3. The molecule has 0 aliphatic carbocycles. The standard InChI is InChI=1S/C44H37ClN4O7/c1-2-55-39-23-28(22-38(45)41(39)56-26-27-13-15-31(16-14-27)49(53)54)21-37-42(50)46-44(52)48(43(37)51)32-24-35-33(29-9-5-3-6-10-29)17-19-47-20-18-34(36(25-32)40(35)47)30-11-7-4-8-12-30/h3-16,21-25,33-34H,2,17-20,26H2,1H3,(H,46,50,52)/b37-21+/t33-,34-/m0/s1. The first kappa shape index (κ1) is 36.5. The van der Waals surface area contributed by atoms with Crippen LogP contribution in [0.5, 0.6) is 11.5 Å². The van der Waals surface area contributed by atoms with Gasteiger partial charge in [0.15, 0.2) is 11.5 Å². The number of amides is 4. The average Bonchev–Trinajstić information content (AvgIpc) is 3.20. The van der Waals surface area contributed by atoms with E-state index in [1.165, 1.54) is 24.3 Å². The van der Waals surface area contributed by atoms with Crippen molar-refractivity contribution in [2.45, 2.75) is 38.2 Å². The third-order valence-corrected chi connectivity index (χ3v) is 10.8. The maximum atomic E-state index is 14.4. The normalized spacial score (nSPS) is 18.4. The van der Waals surface area contributed by atoms with Gasteiger partial charge in [0.05, 0.1) is 22.2 Å². The van der Waals surface area contributed by atoms with Crippen LogP contribution in [0, 0.1) is 10.1 Å². The summed E-state index contributed by atoms with van der Waals surface area (Å²) in [4.78, 5) is 55.5. The highest BCUT2D eigenvalue weighted by molar-refractivity contribution is 6.39. The van der Waals surface area contributed by atoms with Crippen LogP contribution in [0.15, 0.2) is 115 Å². The van der Waals surface area contributed by atoms with Gasteiger partial charge in [0.25, 0.3) is 17.5 Å². The molecule has 1 saturated heterocycles. The van der Waals surface area contributed by atoms with Crippen molar-refractivity contribution in [3.8, 4) is 11.5 Å². The van der Waals surface area contributed by atoms with Crippen LogP contribution in [0.1, 0.15) is 65.0 Å². The molecule has 5 aromatic carbocycles. The number of rotatable bonds is 10.